The molecule has 0 amide bonds. The fraction of sp³-hybridized carbons (Fsp3) is 0.562. The molecule has 1 aromatic carbocycles. The predicted octanol–water partition coefficient (Wildman–Crippen LogP) is 3.05. The van der Waals surface area contributed by atoms with Gasteiger partial charge in [-0.25, -0.2) is 0 Å². The van der Waals surface area contributed by atoms with Gasteiger partial charge in [0.05, 0.1) is 19.8 Å². The van der Waals surface area contributed by atoms with Crippen LogP contribution < -0.4 is 14.8 Å². The zero-order valence-electron chi connectivity index (χ0n) is 12.8. The van der Waals surface area contributed by atoms with Gasteiger partial charge in [-0.05, 0) is 50.9 Å². The summed E-state index contributed by atoms with van der Waals surface area (Å²) in [7, 11) is 1.64. The Labute approximate surface area is 121 Å². The van der Waals surface area contributed by atoms with E-state index in [4.69, 9.17) is 9.47 Å². The Hall–Kier alpha value is -1.73. The standard InChI is InChI=1S/C16H24N2O2/c1-5-18-16(3,12-17)9-6-10-20-14-8-7-13(2)11-15(14)19-4/h7-8,11,18H,5-6,9-10H2,1-4H3. The minimum Gasteiger partial charge on any atom is -0.493 e. The van der Waals surface area contributed by atoms with Gasteiger partial charge < -0.3 is 9.47 Å². The van der Waals surface area contributed by atoms with E-state index in [-0.39, 0.29) is 0 Å². The van der Waals surface area contributed by atoms with E-state index < -0.39 is 5.54 Å². The molecule has 1 N–H and O–H groups in total. The first-order chi connectivity index (χ1) is 9.54. The van der Waals surface area contributed by atoms with Crippen LogP contribution in [0, 0.1) is 18.3 Å². The van der Waals surface area contributed by atoms with Crippen LogP contribution in [0.3, 0.4) is 0 Å². The van der Waals surface area contributed by atoms with E-state index in [0.29, 0.717) is 6.61 Å². The van der Waals surface area contributed by atoms with Crippen molar-refractivity contribution in [1.29, 1.82) is 5.26 Å². The molecule has 1 unspecified atom stereocenters. The van der Waals surface area contributed by atoms with Crippen LogP contribution in [0.25, 0.3) is 0 Å². The van der Waals surface area contributed by atoms with Crippen LogP contribution in [0.5, 0.6) is 11.5 Å². The second-order valence-electron chi connectivity index (χ2n) is 5.08. The Morgan fingerprint density at radius 3 is 2.70 bits per heavy atom. The summed E-state index contributed by atoms with van der Waals surface area (Å²) in [4.78, 5) is 0. The topological polar surface area (TPSA) is 54.3 Å². The molecule has 0 aliphatic heterocycles. The molecule has 4 nitrogen and oxygen atoms in total. The van der Waals surface area contributed by atoms with Crippen LogP contribution >= 0.6 is 0 Å². The number of hydrogen-bond acceptors (Lipinski definition) is 4. The third kappa shape index (κ3) is 4.75. The highest BCUT2D eigenvalue weighted by Gasteiger charge is 2.21. The van der Waals surface area contributed by atoms with Gasteiger partial charge in [-0.3, -0.25) is 5.32 Å². The Morgan fingerprint density at radius 2 is 2.10 bits per heavy atom. The third-order valence-corrected chi connectivity index (χ3v) is 3.21. The summed E-state index contributed by atoms with van der Waals surface area (Å²) >= 11 is 0. The molecular formula is C16H24N2O2. The van der Waals surface area contributed by atoms with Crippen LogP contribution in [0.4, 0.5) is 0 Å². The van der Waals surface area contributed by atoms with E-state index in [1.165, 1.54) is 0 Å². The van der Waals surface area contributed by atoms with E-state index in [9.17, 15) is 5.26 Å². The zero-order valence-corrected chi connectivity index (χ0v) is 12.8. The largest absolute Gasteiger partial charge is 0.493 e. The lowest BCUT2D eigenvalue weighted by Gasteiger charge is -2.22. The van der Waals surface area contributed by atoms with Crippen molar-refractivity contribution >= 4 is 0 Å². The SMILES string of the molecule is CCNC(C)(C#N)CCCOc1ccc(C)cc1OC. The van der Waals surface area contributed by atoms with E-state index >= 15 is 0 Å². The molecule has 20 heavy (non-hydrogen) atoms. The average Bonchev–Trinajstić information content (AvgIpc) is 2.45. The van der Waals surface area contributed by atoms with Crippen molar-refractivity contribution in [3.63, 3.8) is 0 Å². The summed E-state index contributed by atoms with van der Waals surface area (Å²) in [5.74, 6) is 1.50. The van der Waals surface area contributed by atoms with Crippen LogP contribution in [0.1, 0.15) is 32.3 Å². The summed E-state index contributed by atoms with van der Waals surface area (Å²) in [6.07, 6.45) is 1.57. The number of nitriles is 1. The summed E-state index contributed by atoms with van der Waals surface area (Å²) in [5.41, 5.74) is 0.661. The van der Waals surface area contributed by atoms with Gasteiger partial charge in [-0.15, -0.1) is 0 Å². The van der Waals surface area contributed by atoms with Crippen molar-refractivity contribution in [2.75, 3.05) is 20.3 Å². The molecule has 1 rings (SSSR count). The second-order valence-corrected chi connectivity index (χ2v) is 5.08. The number of ether oxygens (including phenoxy) is 2. The van der Waals surface area contributed by atoms with E-state index in [1.54, 1.807) is 7.11 Å². The van der Waals surface area contributed by atoms with E-state index in [1.807, 2.05) is 39.0 Å². The number of methoxy groups -OCH3 is 1. The number of hydrogen-bond donors (Lipinski definition) is 1. The molecule has 0 spiro atoms. The Balaban J connectivity index is 2.47. The predicted molar refractivity (Wildman–Crippen MR) is 80.2 cm³/mol. The normalized spacial score (nSPS) is 13.3. The molecule has 0 aliphatic carbocycles. The number of aryl methyl sites for hydroxylation is 1. The van der Waals surface area contributed by atoms with Crippen molar-refractivity contribution in [2.24, 2.45) is 0 Å². The highest BCUT2D eigenvalue weighted by molar-refractivity contribution is 5.42. The van der Waals surface area contributed by atoms with Crippen molar-refractivity contribution in [1.82, 2.24) is 5.32 Å². The Morgan fingerprint density at radius 1 is 1.35 bits per heavy atom. The molecule has 110 valence electrons. The molecule has 0 saturated carbocycles. The molecule has 0 aromatic heterocycles. The van der Waals surface area contributed by atoms with Crippen LogP contribution in [0.15, 0.2) is 18.2 Å². The molecular weight excluding hydrogens is 252 g/mol. The van der Waals surface area contributed by atoms with Crippen molar-refractivity contribution in [3.8, 4) is 17.6 Å². The first-order valence-electron chi connectivity index (χ1n) is 6.98. The van der Waals surface area contributed by atoms with Gasteiger partial charge in [0, 0.05) is 0 Å². The summed E-state index contributed by atoms with van der Waals surface area (Å²) in [6.45, 7) is 7.30. The minimum atomic E-state index is -0.477. The second kappa shape index (κ2) is 7.76. The van der Waals surface area contributed by atoms with E-state index in [2.05, 4.69) is 11.4 Å². The fourth-order valence-corrected chi connectivity index (χ4v) is 2.08. The van der Waals surface area contributed by atoms with Gasteiger partial charge in [0.25, 0.3) is 0 Å². The lowest BCUT2D eigenvalue weighted by atomic mass is 9.98. The van der Waals surface area contributed by atoms with Crippen molar-refractivity contribution in [3.05, 3.63) is 23.8 Å². The lowest BCUT2D eigenvalue weighted by Crippen LogP contribution is -2.40. The van der Waals surface area contributed by atoms with Crippen molar-refractivity contribution < 1.29 is 9.47 Å². The first-order valence-corrected chi connectivity index (χ1v) is 6.98. The van der Waals surface area contributed by atoms with Gasteiger partial charge in [0.1, 0.15) is 5.54 Å². The summed E-state index contributed by atoms with van der Waals surface area (Å²) < 4.78 is 11.0. The maximum absolute atomic E-state index is 9.17. The molecule has 1 aromatic rings. The molecule has 0 saturated heterocycles. The molecule has 0 radical (unpaired) electrons. The van der Waals surface area contributed by atoms with E-state index in [0.717, 1.165) is 36.4 Å². The number of nitrogens with zero attached hydrogens (tertiary/aromatic N) is 1. The maximum Gasteiger partial charge on any atom is 0.161 e. The highest BCUT2D eigenvalue weighted by Crippen LogP contribution is 2.28. The molecule has 0 aliphatic rings. The van der Waals surface area contributed by atoms with Gasteiger partial charge in [0.15, 0.2) is 11.5 Å². The highest BCUT2D eigenvalue weighted by atomic mass is 16.5. The number of benzene rings is 1. The van der Waals surface area contributed by atoms with Crippen LogP contribution in [-0.2, 0) is 0 Å². The quantitative estimate of drug-likeness (QED) is 0.741. The van der Waals surface area contributed by atoms with Gasteiger partial charge in [0.2, 0.25) is 0 Å². The van der Waals surface area contributed by atoms with Crippen LogP contribution in [-0.4, -0.2) is 25.8 Å². The summed E-state index contributed by atoms with van der Waals surface area (Å²) in [5, 5.41) is 12.4. The van der Waals surface area contributed by atoms with Crippen molar-refractivity contribution in [2.45, 2.75) is 39.2 Å². The van der Waals surface area contributed by atoms with Gasteiger partial charge in [-0.2, -0.15) is 5.26 Å². The molecule has 0 heterocycles. The number of nitrogens with one attached hydrogen (secondary N) is 1. The van der Waals surface area contributed by atoms with Crippen LogP contribution in [0.2, 0.25) is 0 Å². The molecule has 0 fully saturated rings. The smallest absolute Gasteiger partial charge is 0.161 e. The monoisotopic (exact) mass is 276 g/mol. The molecule has 4 heteroatoms. The maximum atomic E-state index is 9.17. The lowest BCUT2D eigenvalue weighted by molar-refractivity contribution is 0.271. The molecule has 0 bridgehead atoms. The third-order valence-electron chi connectivity index (χ3n) is 3.21. The van der Waals surface area contributed by atoms with Gasteiger partial charge in [-0.1, -0.05) is 13.0 Å². The summed E-state index contributed by atoms with van der Waals surface area (Å²) in [6, 6.07) is 8.18. The minimum absolute atomic E-state index is 0.477. The fourth-order valence-electron chi connectivity index (χ4n) is 2.08. The Kier molecular flexibility index (Phi) is 6.33. The average molecular weight is 276 g/mol. The molecule has 1 atom stereocenters. The first kappa shape index (κ1) is 16.3. The number of rotatable bonds is 8. The zero-order chi connectivity index (χ0) is 15.0. The van der Waals surface area contributed by atoms with Gasteiger partial charge >= 0.3 is 0 Å². The Bertz CT molecular complexity index is 468.